The molecule has 1 aromatic heterocycles. The molecule has 1 aromatic carbocycles. The van der Waals surface area contributed by atoms with Crippen molar-refractivity contribution < 1.29 is 17.9 Å². The first-order valence-electron chi connectivity index (χ1n) is 6.96. The average Bonchev–Trinajstić information content (AvgIpc) is 3.06. The summed E-state index contributed by atoms with van der Waals surface area (Å²) in [4.78, 5) is 14.6. The van der Waals surface area contributed by atoms with Gasteiger partial charge in [-0.05, 0) is 36.4 Å². The van der Waals surface area contributed by atoms with Crippen molar-refractivity contribution in [2.24, 2.45) is 0 Å². The zero-order valence-electron chi connectivity index (χ0n) is 12.1. The van der Waals surface area contributed by atoms with Gasteiger partial charge in [-0.25, -0.2) is 8.42 Å². The number of carbonyl (C=O) groups is 1. The molecule has 0 atom stereocenters. The molecule has 2 aromatic rings. The topological polar surface area (TPSA) is 63.7 Å². The summed E-state index contributed by atoms with van der Waals surface area (Å²) in [7, 11) is -3.63. The van der Waals surface area contributed by atoms with E-state index in [9.17, 15) is 13.2 Å². The van der Waals surface area contributed by atoms with Crippen LogP contribution in [0.15, 0.2) is 45.5 Å². The Bertz CT molecular complexity index is 808. The van der Waals surface area contributed by atoms with Crippen LogP contribution < -0.4 is 0 Å². The molecule has 0 radical (unpaired) electrons. The fraction of sp³-hybridized carbons (Fsp3) is 0.267. The number of benzene rings is 1. The van der Waals surface area contributed by atoms with Gasteiger partial charge in [0.05, 0.1) is 23.0 Å². The van der Waals surface area contributed by atoms with Crippen molar-refractivity contribution in [2.75, 3.05) is 26.3 Å². The van der Waals surface area contributed by atoms with Crippen molar-refractivity contribution in [1.29, 1.82) is 0 Å². The molecular formula is C15H14ClNO4S2. The predicted molar refractivity (Wildman–Crippen MR) is 87.9 cm³/mol. The summed E-state index contributed by atoms with van der Waals surface area (Å²) < 4.78 is 30.5. The van der Waals surface area contributed by atoms with Gasteiger partial charge in [-0.1, -0.05) is 11.6 Å². The van der Waals surface area contributed by atoms with Gasteiger partial charge in [0.1, 0.15) is 4.21 Å². The number of halogens is 1. The van der Waals surface area contributed by atoms with Gasteiger partial charge in [0.2, 0.25) is 9.84 Å². The van der Waals surface area contributed by atoms with Gasteiger partial charge in [0, 0.05) is 18.1 Å². The minimum atomic E-state index is -3.63. The molecule has 8 heteroatoms. The lowest BCUT2D eigenvalue weighted by molar-refractivity contribution is 0.0306. The SMILES string of the molecule is O=C(c1ccc(S(=O)(=O)c2ccc(Cl)cc2)s1)N1CCOCC1. The molecule has 5 nitrogen and oxygen atoms in total. The quantitative estimate of drug-likeness (QED) is 0.832. The fourth-order valence-electron chi connectivity index (χ4n) is 2.23. The maximum Gasteiger partial charge on any atom is 0.264 e. The van der Waals surface area contributed by atoms with Gasteiger partial charge in [-0.2, -0.15) is 0 Å². The number of nitrogens with zero attached hydrogens (tertiary/aromatic N) is 1. The third-order valence-corrected chi connectivity index (χ3v) is 7.07. The van der Waals surface area contributed by atoms with E-state index in [2.05, 4.69) is 0 Å². The molecule has 0 unspecified atom stereocenters. The summed E-state index contributed by atoms with van der Waals surface area (Å²) in [5.41, 5.74) is 0. The normalized spacial score (nSPS) is 15.6. The highest BCUT2D eigenvalue weighted by Gasteiger charge is 2.24. The highest BCUT2D eigenvalue weighted by atomic mass is 35.5. The number of thiophene rings is 1. The zero-order chi connectivity index (χ0) is 16.4. The molecule has 0 N–H and O–H groups in total. The second-order valence-electron chi connectivity index (χ2n) is 4.98. The summed E-state index contributed by atoms with van der Waals surface area (Å²) in [5, 5.41) is 0.471. The second kappa shape index (κ2) is 6.60. The van der Waals surface area contributed by atoms with Crippen molar-refractivity contribution >= 4 is 38.7 Å². The number of carbonyl (C=O) groups excluding carboxylic acids is 1. The molecule has 0 saturated carbocycles. The van der Waals surface area contributed by atoms with Crippen LogP contribution in [0.4, 0.5) is 0 Å². The summed E-state index contributed by atoms with van der Waals surface area (Å²) in [6.07, 6.45) is 0. The van der Waals surface area contributed by atoms with E-state index >= 15 is 0 Å². The third kappa shape index (κ3) is 3.42. The molecule has 1 fully saturated rings. The summed E-state index contributed by atoms with van der Waals surface area (Å²) in [5.74, 6) is -0.157. The Morgan fingerprint density at radius 2 is 1.74 bits per heavy atom. The van der Waals surface area contributed by atoms with Crippen LogP contribution in [0.25, 0.3) is 0 Å². The Morgan fingerprint density at radius 3 is 2.39 bits per heavy atom. The Labute approximate surface area is 143 Å². The smallest absolute Gasteiger partial charge is 0.264 e. The maximum atomic E-state index is 12.6. The van der Waals surface area contributed by atoms with E-state index in [1.54, 1.807) is 11.0 Å². The van der Waals surface area contributed by atoms with E-state index in [0.717, 1.165) is 11.3 Å². The number of sulfone groups is 1. The van der Waals surface area contributed by atoms with Gasteiger partial charge in [0.15, 0.2) is 0 Å². The van der Waals surface area contributed by atoms with E-state index in [4.69, 9.17) is 16.3 Å². The Kier molecular flexibility index (Phi) is 4.72. The van der Waals surface area contributed by atoms with Gasteiger partial charge in [0.25, 0.3) is 5.91 Å². The first-order chi connectivity index (χ1) is 11.0. The largest absolute Gasteiger partial charge is 0.378 e. The first-order valence-corrected chi connectivity index (χ1v) is 9.64. The lowest BCUT2D eigenvalue weighted by atomic mass is 10.3. The van der Waals surface area contributed by atoms with Crippen molar-refractivity contribution in [3.05, 3.63) is 46.3 Å². The number of hydrogen-bond donors (Lipinski definition) is 0. The van der Waals surface area contributed by atoms with Crippen LogP contribution in [0.1, 0.15) is 9.67 Å². The van der Waals surface area contributed by atoms with Crippen LogP contribution in [0, 0.1) is 0 Å². The molecule has 122 valence electrons. The summed E-state index contributed by atoms with van der Waals surface area (Å²) >= 11 is 6.77. The van der Waals surface area contributed by atoms with Gasteiger partial charge in [-0.3, -0.25) is 4.79 Å². The van der Waals surface area contributed by atoms with Gasteiger partial charge >= 0.3 is 0 Å². The standard InChI is InChI=1S/C15H14ClNO4S2/c16-11-1-3-12(4-2-11)23(19,20)14-6-5-13(22-14)15(18)17-7-9-21-10-8-17/h1-6H,7-10H2. The minimum absolute atomic E-state index is 0.149. The van der Waals surface area contributed by atoms with E-state index < -0.39 is 9.84 Å². The van der Waals surface area contributed by atoms with Crippen LogP contribution in [-0.4, -0.2) is 45.5 Å². The van der Waals surface area contributed by atoms with Crippen LogP contribution in [0.3, 0.4) is 0 Å². The predicted octanol–water partition coefficient (Wildman–Crippen LogP) is 2.71. The van der Waals surface area contributed by atoms with Crippen molar-refractivity contribution in [1.82, 2.24) is 4.90 Å². The van der Waals surface area contributed by atoms with E-state index in [1.165, 1.54) is 30.3 Å². The molecule has 0 aliphatic carbocycles. The van der Waals surface area contributed by atoms with Crippen LogP contribution in [0.5, 0.6) is 0 Å². The summed E-state index contributed by atoms with van der Waals surface area (Å²) in [6.45, 7) is 2.06. The number of ether oxygens (including phenoxy) is 1. The summed E-state index contributed by atoms with van der Waals surface area (Å²) in [6, 6.07) is 9.01. The van der Waals surface area contributed by atoms with Crippen molar-refractivity contribution in [3.63, 3.8) is 0 Å². The molecule has 1 aliphatic rings. The molecule has 1 aliphatic heterocycles. The van der Waals surface area contributed by atoms with E-state index in [-0.39, 0.29) is 15.0 Å². The number of hydrogen-bond acceptors (Lipinski definition) is 5. The monoisotopic (exact) mass is 371 g/mol. The third-order valence-electron chi connectivity index (χ3n) is 3.48. The second-order valence-corrected chi connectivity index (χ2v) is 8.68. The maximum absolute atomic E-state index is 12.6. The lowest BCUT2D eigenvalue weighted by Gasteiger charge is -2.26. The number of rotatable bonds is 3. The van der Waals surface area contributed by atoms with Crippen molar-refractivity contribution in [3.8, 4) is 0 Å². The molecule has 0 spiro atoms. The van der Waals surface area contributed by atoms with Crippen LogP contribution in [-0.2, 0) is 14.6 Å². The minimum Gasteiger partial charge on any atom is -0.378 e. The lowest BCUT2D eigenvalue weighted by Crippen LogP contribution is -2.40. The molecule has 2 heterocycles. The molecule has 3 rings (SSSR count). The first kappa shape index (κ1) is 16.4. The Hall–Kier alpha value is -1.41. The molecular weight excluding hydrogens is 358 g/mol. The van der Waals surface area contributed by atoms with E-state index in [1.807, 2.05) is 0 Å². The van der Waals surface area contributed by atoms with Crippen LogP contribution >= 0.6 is 22.9 Å². The molecule has 1 amide bonds. The molecule has 1 saturated heterocycles. The number of amides is 1. The van der Waals surface area contributed by atoms with Gasteiger partial charge in [-0.15, -0.1) is 11.3 Å². The van der Waals surface area contributed by atoms with E-state index in [0.29, 0.717) is 36.2 Å². The van der Waals surface area contributed by atoms with Crippen LogP contribution in [0.2, 0.25) is 5.02 Å². The molecule has 0 bridgehead atoms. The Morgan fingerprint density at radius 1 is 1.09 bits per heavy atom. The highest BCUT2D eigenvalue weighted by molar-refractivity contribution is 7.93. The number of morpholine rings is 1. The molecule has 23 heavy (non-hydrogen) atoms. The fourth-order valence-corrected chi connectivity index (χ4v) is 5.03. The average molecular weight is 372 g/mol. The van der Waals surface area contributed by atoms with Crippen molar-refractivity contribution in [2.45, 2.75) is 9.10 Å². The zero-order valence-corrected chi connectivity index (χ0v) is 14.5. The van der Waals surface area contributed by atoms with Gasteiger partial charge < -0.3 is 9.64 Å². The highest BCUT2D eigenvalue weighted by Crippen LogP contribution is 2.29. The Balaban J connectivity index is 1.86.